The smallest absolute Gasteiger partial charge is 0.119 e. The highest BCUT2D eigenvalue weighted by atomic mass is 32.2. The van der Waals surface area contributed by atoms with Crippen LogP contribution in [0.5, 0.6) is 5.75 Å². The van der Waals surface area contributed by atoms with Crippen molar-refractivity contribution in [2.45, 2.75) is 38.0 Å². The van der Waals surface area contributed by atoms with E-state index >= 15 is 0 Å². The van der Waals surface area contributed by atoms with Crippen molar-refractivity contribution in [3.05, 3.63) is 29.3 Å². The molecule has 4 heteroatoms. The van der Waals surface area contributed by atoms with Gasteiger partial charge in [-0.2, -0.15) is 11.8 Å². The minimum Gasteiger partial charge on any atom is -0.497 e. The number of hydrogen-bond donors (Lipinski definition) is 2. The monoisotopic (exact) mass is 309 g/mol. The predicted molar refractivity (Wildman–Crippen MR) is 90.2 cm³/mol. The highest BCUT2D eigenvalue weighted by molar-refractivity contribution is 7.99. The van der Waals surface area contributed by atoms with Gasteiger partial charge >= 0.3 is 0 Å². The van der Waals surface area contributed by atoms with Gasteiger partial charge in [0.2, 0.25) is 0 Å². The van der Waals surface area contributed by atoms with Crippen molar-refractivity contribution in [2.75, 3.05) is 26.0 Å². The van der Waals surface area contributed by atoms with E-state index in [1.165, 1.54) is 11.1 Å². The van der Waals surface area contributed by atoms with Crippen LogP contribution < -0.4 is 10.1 Å². The fourth-order valence-electron chi connectivity index (χ4n) is 2.75. The Labute approximate surface area is 132 Å². The number of ether oxygens (including phenoxy) is 1. The highest BCUT2D eigenvalue weighted by Crippen LogP contribution is 2.40. The fourth-order valence-corrected chi connectivity index (χ4v) is 4.16. The van der Waals surface area contributed by atoms with E-state index in [4.69, 9.17) is 4.74 Å². The lowest BCUT2D eigenvalue weighted by Crippen LogP contribution is -2.28. The van der Waals surface area contributed by atoms with Crippen LogP contribution in [0.2, 0.25) is 0 Å². The second-order valence-corrected chi connectivity index (χ2v) is 7.13. The lowest BCUT2D eigenvalue weighted by molar-refractivity contribution is 0.250. The van der Waals surface area contributed by atoms with Crippen molar-refractivity contribution in [3.8, 4) is 5.75 Å². The summed E-state index contributed by atoms with van der Waals surface area (Å²) in [6.07, 6.45) is 2.24. The molecule has 0 saturated carbocycles. The van der Waals surface area contributed by atoms with Crippen LogP contribution in [0.15, 0.2) is 18.2 Å². The van der Waals surface area contributed by atoms with Crippen LogP contribution in [-0.2, 0) is 6.42 Å². The molecule has 0 heterocycles. The molecule has 21 heavy (non-hydrogen) atoms. The third kappa shape index (κ3) is 4.15. The van der Waals surface area contributed by atoms with Gasteiger partial charge < -0.3 is 15.2 Å². The Morgan fingerprint density at radius 2 is 2.29 bits per heavy atom. The molecule has 0 radical (unpaired) electrons. The van der Waals surface area contributed by atoms with Crippen LogP contribution in [0.1, 0.15) is 37.4 Å². The lowest BCUT2D eigenvalue weighted by atomic mass is 10.1. The summed E-state index contributed by atoms with van der Waals surface area (Å²) in [5.41, 5.74) is 2.82. The maximum atomic E-state index is 9.21. The van der Waals surface area contributed by atoms with Crippen molar-refractivity contribution in [1.82, 2.24) is 5.32 Å². The van der Waals surface area contributed by atoms with Crippen molar-refractivity contribution in [2.24, 2.45) is 5.92 Å². The van der Waals surface area contributed by atoms with Crippen LogP contribution >= 0.6 is 11.8 Å². The first-order valence-corrected chi connectivity index (χ1v) is 8.87. The van der Waals surface area contributed by atoms with Gasteiger partial charge in [0, 0.05) is 17.9 Å². The van der Waals surface area contributed by atoms with E-state index in [-0.39, 0.29) is 6.61 Å². The molecule has 0 spiro atoms. The number of methoxy groups -OCH3 is 1. The first kappa shape index (κ1) is 16.7. The molecule has 1 aliphatic rings. The average molecular weight is 309 g/mol. The molecule has 0 aliphatic heterocycles. The number of nitrogens with one attached hydrogen (secondary N) is 1. The SMILES string of the molecule is CCCNC1c2cc(OC)ccc2CC1SCC(C)CO. The first-order valence-electron chi connectivity index (χ1n) is 7.82. The Hall–Kier alpha value is -0.710. The Morgan fingerprint density at radius 3 is 2.95 bits per heavy atom. The summed E-state index contributed by atoms with van der Waals surface area (Å²) in [5, 5.41) is 13.5. The van der Waals surface area contributed by atoms with E-state index in [0.717, 1.165) is 30.9 Å². The number of benzene rings is 1. The Kier molecular flexibility index (Phi) is 6.40. The van der Waals surface area contributed by atoms with Gasteiger partial charge in [-0.1, -0.05) is 19.9 Å². The number of aliphatic hydroxyl groups excluding tert-OH is 1. The van der Waals surface area contributed by atoms with Crippen LogP contribution in [0, 0.1) is 5.92 Å². The fraction of sp³-hybridized carbons (Fsp3) is 0.647. The molecule has 0 saturated heterocycles. The molecule has 0 amide bonds. The largest absolute Gasteiger partial charge is 0.497 e. The van der Waals surface area contributed by atoms with Crippen molar-refractivity contribution < 1.29 is 9.84 Å². The number of fused-ring (bicyclic) bond motifs is 1. The summed E-state index contributed by atoms with van der Waals surface area (Å²) >= 11 is 1.98. The molecule has 3 unspecified atom stereocenters. The summed E-state index contributed by atoms with van der Waals surface area (Å²) in [4.78, 5) is 0. The highest BCUT2D eigenvalue weighted by Gasteiger charge is 2.32. The molecule has 0 fully saturated rings. The molecule has 118 valence electrons. The Morgan fingerprint density at radius 1 is 1.48 bits per heavy atom. The maximum absolute atomic E-state index is 9.21. The van der Waals surface area contributed by atoms with Gasteiger partial charge in [-0.3, -0.25) is 0 Å². The maximum Gasteiger partial charge on any atom is 0.119 e. The molecule has 1 aromatic carbocycles. The molecule has 3 atom stereocenters. The first-order chi connectivity index (χ1) is 10.2. The second kappa shape index (κ2) is 8.06. The zero-order valence-corrected chi connectivity index (χ0v) is 14.1. The number of thioether (sulfide) groups is 1. The molecule has 0 aromatic heterocycles. The van der Waals surface area contributed by atoms with Crippen LogP contribution in [0.25, 0.3) is 0 Å². The van der Waals surface area contributed by atoms with Gasteiger partial charge in [-0.25, -0.2) is 0 Å². The summed E-state index contributed by atoms with van der Waals surface area (Å²) < 4.78 is 5.38. The third-order valence-electron chi connectivity index (χ3n) is 4.00. The standard InChI is InChI=1S/C17H27NO2S/c1-4-7-18-17-15-9-14(20-3)6-5-13(15)8-16(17)21-11-12(2)10-19/h5-6,9,12,16-19H,4,7-8,10-11H2,1-3H3. The van der Waals surface area contributed by atoms with Gasteiger partial charge in [-0.05, 0) is 54.3 Å². The number of rotatable bonds is 8. The van der Waals surface area contributed by atoms with E-state index in [9.17, 15) is 5.11 Å². The van der Waals surface area contributed by atoms with Gasteiger partial charge in [0.15, 0.2) is 0 Å². The summed E-state index contributed by atoms with van der Waals surface area (Å²) in [7, 11) is 1.72. The van der Waals surface area contributed by atoms with E-state index in [0.29, 0.717) is 17.2 Å². The van der Waals surface area contributed by atoms with Gasteiger partial charge in [0.05, 0.1) is 7.11 Å². The zero-order valence-electron chi connectivity index (χ0n) is 13.3. The normalized spacial score (nSPS) is 22.1. The molecular formula is C17H27NO2S. The van der Waals surface area contributed by atoms with E-state index in [1.54, 1.807) is 7.11 Å². The molecule has 2 rings (SSSR count). The van der Waals surface area contributed by atoms with Gasteiger partial charge in [-0.15, -0.1) is 0 Å². The molecule has 1 aliphatic carbocycles. The number of aliphatic hydroxyl groups is 1. The minimum absolute atomic E-state index is 0.271. The van der Waals surface area contributed by atoms with Gasteiger partial charge in [0.1, 0.15) is 5.75 Å². The topological polar surface area (TPSA) is 41.5 Å². The summed E-state index contributed by atoms with van der Waals surface area (Å²) in [6, 6.07) is 6.83. The summed E-state index contributed by atoms with van der Waals surface area (Å²) in [6.45, 7) is 5.61. The minimum atomic E-state index is 0.271. The average Bonchev–Trinajstić information content (AvgIpc) is 2.87. The van der Waals surface area contributed by atoms with Crippen LogP contribution in [-0.4, -0.2) is 36.4 Å². The molecule has 1 aromatic rings. The molecule has 0 bridgehead atoms. The van der Waals surface area contributed by atoms with Crippen LogP contribution in [0.3, 0.4) is 0 Å². The van der Waals surface area contributed by atoms with E-state index in [1.807, 2.05) is 11.8 Å². The van der Waals surface area contributed by atoms with Crippen molar-refractivity contribution in [1.29, 1.82) is 0 Å². The van der Waals surface area contributed by atoms with Gasteiger partial charge in [0.25, 0.3) is 0 Å². The molecular weight excluding hydrogens is 282 g/mol. The van der Waals surface area contributed by atoms with E-state index < -0.39 is 0 Å². The molecule has 2 N–H and O–H groups in total. The second-order valence-electron chi connectivity index (χ2n) is 5.86. The van der Waals surface area contributed by atoms with Crippen molar-refractivity contribution in [3.63, 3.8) is 0 Å². The predicted octanol–water partition coefficient (Wildman–Crippen LogP) is 3.02. The Balaban J connectivity index is 2.11. The molecule has 3 nitrogen and oxygen atoms in total. The number of hydrogen-bond acceptors (Lipinski definition) is 4. The quantitative estimate of drug-likeness (QED) is 0.774. The zero-order chi connectivity index (χ0) is 15.2. The third-order valence-corrected chi connectivity index (χ3v) is 5.63. The lowest BCUT2D eigenvalue weighted by Gasteiger charge is -2.22. The van der Waals surface area contributed by atoms with E-state index in [2.05, 4.69) is 37.4 Å². The van der Waals surface area contributed by atoms with Crippen molar-refractivity contribution >= 4 is 11.8 Å². The summed E-state index contributed by atoms with van der Waals surface area (Å²) in [5.74, 6) is 2.31. The van der Waals surface area contributed by atoms with Crippen LogP contribution in [0.4, 0.5) is 0 Å². The Bertz CT molecular complexity index is 452.